The summed E-state index contributed by atoms with van der Waals surface area (Å²) < 4.78 is 11.9. The van der Waals surface area contributed by atoms with Crippen LogP contribution in [-0.4, -0.2) is 29.9 Å². The average molecular weight is 399 g/mol. The topological polar surface area (TPSA) is 60.5 Å². The van der Waals surface area contributed by atoms with E-state index in [4.69, 9.17) is 9.47 Å². The monoisotopic (exact) mass is 398 g/mol. The Morgan fingerprint density at radius 2 is 1.93 bits per heavy atom. The molecular weight excluding hydrogens is 380 g/mol. The van der Waals surface area contributed by atoms with Gasteiger partial charge in [-0.1, -0.05) is 41.6 Å². The zero-order chi connectivity index (χ0) is 18.6. The van der Waals surface area contributed by atoms with E-state index in [0.717, 1.165) is 15.6 Å². The Kier molecular flexibility index (Phi) is 5.31. The molecular formula is C20H18N2O3S2. The lowest BCUT2D eigenvalue weighted by Gasteiger charge is -2.18. The summed E-state index contributed by atoms with van der Waals surface area (Å²) in [6.45, 7) is 3.13. The highest BCUT2D eigenvalue weighted by atomic mass is 32.2. The SMILES string of the molecule is Cc1ccc(-c2csc(SCC(=O)Nc3ccc4c(c3)OCCO4)n2)cc1. The maximum Gasteiger partial charge on any atom is 0.234 e. The van der Waals surface area contributed by atoms with Gasteiger partial charge in [0.2, 0.25) is 5.91 Å². The summed E-state index contributed by atoms with van der Waals surface area (Å²) in [7, 11) is 0. The number of aromatic nitrogens is 1. The largest absolute Gasteiger partial charge is 0.486 e. The summed E-state index contributed by atoms with van der Waals surface area (Å²) in [6.07, 6.45) is 0. The van der Waals surface area contributed by atoms with Crippen molar-refractivity contribution in [1.82, 2.24) is 4.98 Å². The molecule has 3 aromatic rings. The first-order chi connectivity index (χ1) is 13.2. The second kappa shape index (κ2) is 8.02. The number of rotatable bonds is 5. The minimum Gasteiger partial charge on any atom is -0.486 e. The van der Waals surface area contributed by atoms with Crippen LogP contribution in [0.25, 0.3) is 11.3 Å². The van der Waals surface area contributed by atoms with E-state index in [2.05, 4.69) is 41.5 Å². The molecule has 1 aromatic heterocycles. The zero-order valence-corrected chi connectivity index (χ0v) is 16.4. The molecule has 0 saturated carbocycles. The van der Waals surface area contributed by atoms with Crippen LogP contribution in [0.2, 0.25) is 0 Å². The van der Waals surface area contributed by atoms with Crippen LogP contribution in [0.4, 0.5) is 5.69 Å². The molecule has 0 saturated heterocycles. The molecule has 4 rings (SSSR count). The quantitative estimate of drug-likeness (QED) is 0.636. The highest BCUT2D eigenvalue weighted by molar-refractivity contribution is 8.01. The van der Waals surface area contributed by atoms with Crippen molar-refractivity contribution in [1.29, 1.82) is 0 Å². The number of anilines is 1. The van der Waals surface area contributed by atoms with Crippen molar-refractivity contribution in [2.45, 2.75) is 11.3 Å². The number of ether oxygens (including phenoxy) is 2. The molecule has 27 heavy (non-hydrogen) atoms. The Morgan fingerprint density at radius 3 is 2.74 bits per heavy atom. The summed E-state index contributed by atoms with van der Waals surface area (Å²) in [5.41, 5.74) is 3.95. The molecule has 0 spiro atoms. The Bertz CT molecular complexity index is 954. The molecule has 0 radical (unpaired) electrons. The first-order valence-corrected chi connectivity index (χ1v) is 10.4. The van der Waals surface area contributed by atoms with E-state index in [-0.39, 0.29) is 5.91 Å². The predicted octanol–water partition coefficient (Wildman–Crippen LogP) is 4.62. The standard InChI is InChI=1S/C20H18N2O3S2/c1-13-2-4-14(5-3-13)16-11-26-20(22-16)27-12-19(23)21-15-6-7-17-18(10-15)25-9-8-24-17/h2-7,10-11H,8-9,12H2,1H3,(H,21,23). The number of nitrogens with zero attached hydrogens (tertiary/aromatic N) is 1. The second-order valence-electron chi connectivity index (χ2n) is 6.06. The summed E-state index contributed by atoms with van der Waals surface area (Å²) in [6, 6.07) is 13.7. The lowest BCUT2D eigenvalue weighted by Crippen LogP contribution is -2.17. The van der Waals surface area contributed by atoms with Gasteiger partial charge in [-0.2, -0.15) is 0 Å². The van der Waals surface area contributed by atoms with Crippen LogP contribution >= 0.6 is 23.1 Å². The van der Waals surface area contributed by atoms with E-state index in [1.54, 1.807) is 17.4 Å². The van der Waals surface area contributed by atoms with Crippen LogP contribution in [0.3, 0.4) is 0 Å². The third kappa shape index (κ3) is 4.43. The van der Waals surface area contributed by atoms with Gasteiger partial charge in [-0.15, -0.1) is 11.3 Å². The van der Waals surface area contributed by atoms with Gasteiger partial charge in [0.15, 0.2) is 15.8 Å². The lowest BCUT2D eigenvalue weighted by molar-refractivity contribution is -0.113. The van der Waals surface area contributed by atoms with Crippen LogP contribution in [0.5, 0.6) is 11.5 Å². The van der Waals surface area contributed by atoms with Gasteiger partial charge in [0.1, 0.15) is 13.2 Å². The number of aryl methyl sites for hydroxylation is 1. The molecule has 0 aliphatic carbocycles. The number of carbonyl (C=O) groups excluding carboxylic acids is 1. The van der Waals surface area contributed by atoms with Crippen molar-refractivity contribution < 1.29 is 14.3 Å². The minimum absolute atomic E-state index is 0.0798. The fourth-order valence-corrected chi connectivity index (χ4v) is 4.26. The smallest absolute Gasteiger partial charge is 0.234 e. The molecule has 138 valence electrons. The van der Waals surface area contributed by atoms with Gasteiger partial charge in [-0.05, 0) is 19.1 Å². The molecule has 1 aliphatic heterocycles. The second-order valence-corrected chi connectivity index (χ2v) is 8.14. The van der Waals surface area contributed by atoms with E-state index in [9.17, 15) is 4.79 Å². The number of amides is 1. The van der Waals surface area contributed by atoms with Crippen LogP contribution in [0.1, 0.15) is 5.56 Å². The molecule has 1 N–H and O–H groups in total. The van der Waals surface area contributed by atoms with Gasteiger partial charge in [0, 0.05) is 22.7 Å². The number of carbonyl (C=O) groups is 1. The van der Waals surface area contributed by atoms with Crippen LogP contribution in [-0.2, 0) is 4.79 Å². The number of hydrogen-bond acceptors (Lipinski definition) is 6. The van der Waals surface area contributed by atoms with E-state index < -0.39 is 0 Å². The molecule has 2 heterocycles. The van der Waals surface area contributed by atoms with E-state index in [1.807, 2.05) is 17.5 Å². The molecule has 1 amide bonds. The summed E-state index contributed by atoms with van der Waals surface area (Å²) in [5.74, 6) is 1.59. The van der Waals surface area contributed by atoms with Gasteiger partial charge < -0.3 is 14.8 Å². The Morgan fingerprint density at radius 1 is 1.15 bits per heavy atom. The summed E-state index contributed by atoms with van der Waals surface area (Å²) in [4.78, 5) is 16.9. The Labute approximate surface area is 165 Å². The van der Waals surface area contributed by atoms with Crippen LogP contribution < -0.4 is 14.8 Å². The molecule has 0 bridgehead atoms. The molecule has 0 unspecified atom stereocenters. The highest BCUT2D eigenvalue weighted by Crippen LogP contribution is 2.33. The normalized spacial score (nSPS) is 12.6. The number of benzene rings is 2. The van der Waals surface area contributed by atoms with Crippen molar-refractivity contribution in [3.63, 3.8) is 0 Å². The molecule has 1 aliphatic rings. The van der Waals surface area contributed by atoms with Gasteiger partial charge in [-0.3, -0.25) is 4.79 Å². The summed E-state index contributed by atoms with van der Waals surface area (Å²) in [5, 5.41) is 4.91. The fraction of sp³-hybridized carbons (Fsp3) is 0.200. The lowest BCUT2D eigenvalue weighted by atomic mass is 10.1. The highest BCUT2D eigenvalue weighted by Gasteiger charge is 2.13. The van der Waals surface area contributed by atoms with Crippen LogP contribution in [0.15, 0.2) is 52.2 Å². The molecule has 0 fully saturated rings. The molecule has 2 aromatic carbocycles. The number of fused-ring (bicyclic) bond motifs is 1. The number of thioether (sulfide) groups is 1. The van der Waals surface area contributed by atoms with Crippen LogP contribution in [0, 0.1) is 6.92 Å². The molecule has 5 nitrogen and oxygen atoms in total. The van der Waals surface area contributed by atoms with E-state index >= 15 is 0 Å². The van der Waals surface area contributed by atoms with Gasteiger partial charge >= 0.3 is 0 Å². The first-order valence-electron chi connectivity index (χ1n) is 8.52. The molecule has 7 heteroatoms. The van der Waals surface area contributed by atoms with Crippen molar-refractivity contribution in [3.05, 3.63) is 53.4 Å². The molecule has 0 atom stereocenters. The van der Waals surface area contributed by atoms with Crippen molar-refractivity contribution in [3.8, 4) is 22.8 Å². The van der Waals surface area contributed by atoms with E-state index in [0.29, 0.717) is 36.2 Å². The number of hydrogen-bond donors (Lipinski definition) is 1. The minimum atomic E-state index is -0.0798. The van der Waals surface area contributed by atoms with Crippen molar-refractivity contribution in [2.24, 2.45) is 0 Å². The number of thiazole rings is 1. The third-order valence-corrected chi connectivity index (χ3v) is 6.00. The number of nitrogens with one attached hydrogen (secondary N) is 1. The Hall–Kier alpha value is -2.51. The van der Waals surface area contributed by atoms with Crippen molar-refractivity contribution in [2.75, 3.05) is 24.3 Å². The summed E-state index contributed by atoms with van der Waals surface area (Å²) >= 11 is 2.99. The maximum absolute atomic E-state index is 12.2. The van der Waals surface area contributed by atoms with Gasteiger partial charge in [0.25, 0.3) is 0 Å². The Balaban J connectivity index is 1.34. The van der Waals surface area contributed by atoms with E-state index in [1.165, 1.54) is 17.3 Å². The third-order valence-electron chi connectivity index (χ3n) is 3.98. The van der Waals surface area contributed by atoms with Gasteiger partial charge in [-0.25, -0.2) is 4.98 Å². The predicted molar refractivity (Wildman–Crippen MR) is 109 cm³/mol. The zero-order valence-electron chi connectivity index (χ0n) is 14.7. The van der Waals surface area contributed by atoms with Crippen molar-refractivity contribution >= 4 is 34.7 Å². The fourth-order valence-electron chi connectivity index (χ4n) is 2.63. The van der Waals surface area contributed by atoms with Gasteiger partial charge in [0.05, 0.1) is 11.4 Å². The average Bonchev–Trinajstić information content (AvgIpc) is 3.16. The maximum atomic E-state index is 12.2. The first kappa shape index (κ1) is 17.9.